The van der Waals surface area contributed by atoms with Gasteiger partial charge in [-0.1, -0.05) is 121 Å². The molecule has 1 N–H and O–H groups in total. The van der Waals surface area contributed by atoms with Crippen molar-refractivity contribution in [3.05, 3.63) is 225 Å². The number of esters is 1. The predicted octanol–water partition coefficient (Wildman–Crippen LogP) is 7.59. The van der Waals surface area contributed by atoms with Crippen molar-refractivity contribution in [3.63, 3.8) is 0 Å². The third-order valence-corrected chi connectivity index (χ3v) is 15.3. The number of ether oxygens (including phenoxy) is 3. The lowest BCUT2D eigenvalue weighted by Gasteiger charge is -2.46. The number of carbonyl (C=O) groups is 4. The van der Waals surface area contributed by atoms with Crippen LogP contribution in [0.3, 0.4) is 0 Å². The van der Waals surface area contributed by atoms with Crippen LogP contribution in [-0.2, 0) is 42.4 Å². The minimum Gasteiger partial charge on any atom is -0.491 e. The van der Waals surface area contributed by atoms with E-state index in [9.17, 15) is 15.2 Å². The SMILES string of the molecule is CN(CC#Cc1ccc2c(c1)[C@]1(C(=O)N2C(=O)OCc2ccc([N+](=O)[O-])cc2)[C@H](C(=O)N2CCN(c3ncccn3)CC2)[C@H]2C(=O)O[C@H](c3ccccc3)[C@H](c3ccccc3)N2[C@@H]1c1ccccc1OCCO)Cc1ccccc1. The normalized spacial score (nSPS) is 21.3. The zero-order valence-electron chi connectivity index (χ0n) is 43.7. The first kappa shape index (κ1) is 52.8. The van der Waals surface area contributed by atoms with Crippen molar-refractivity contribution < 1.29 is 43.4 Å². The monoisotopic (exact) mass is 1070 g/mol. The summed E-state index contributed by atoms with van der Waals surface area (Å²) in [6.07, 6.45) is 1.22. The van der Waals surface area contributed by atoms with E-state index in [1.165, 1.54) is 24.3 Å². The number of nitro benzene ring substituents is 1. The number of benzene rings is 6. The second-order valence-electron chi connectivity index (χ2n) is 20.0. The van der Waals surface area contributed by atoms with Crippen LogP contribution in [0.2, 0.25) is 0 Å². The molecule has 4 aliphatic rings. The van der Waals surface area contributed by atoms with Crippen molar-refractivity contribution in [2.75, 3.05) is 62.8 Å². The van der Waals surface area contributed by atoms with Gasteiger partial charge >= 0.3 is 12.1 Å². The molecule has 0 saturated carbocycles. The number of carbonyl (C=O) groups excluding carboxylic acids is 4. The number of para-hydroxylation sites is 1. The summed E-state index contributed by atoms with van der Waals surface area (Å²) in [4.78, 5) is 93.0. The molecule has 3 amide bonds. The van der Waals surface area contributed by atoms with Crippen LogP contribution in [0.25, 0.3) is 0 Å². The molecule has 4 aliphatic heterocycles. The number of aliphatic hydroxyl groups is 1. The highest BCUT2D eigenvalue weighted by Gasteiger charge is 2.76. The molecule has 0 aliphatic carbocycles. The van der Waals surface area contributed by atoms with Crippen LogP contribution < -0.4 is 14.5 Å². The molecule has 3 fully saturated rings. The van der Waals surface area contributed by atoms with Gasteiger partial charge in [-0.3, -0.25) is 34.3 Å². The maximum atomic E-state index is 17.0. The largest absolute Gasteiger partial charge is 0.491 e. The van der Waals surface area contributed by atoms with Crippen molar-refractivity contribution in [3.8, 4) is 17.6 Å². The number of nitro groups is 1. The van der Waals surface area contributed by atoms with Gasteiger partial charge in [0.25, 0.3) is 5.69 Å². The van der Waals surface area contributed by atoms with Gasteiger partial charge in [0.2, 0.25) is 17.8 Å². The quantitative estimate of drug-likeness (QED) is 0.0483. The number of morpholine rings is 1. The molecule has 80 heavy (non-hydrogen) atoms. The van der Waals surface area contributed by atoms with Crippen LogP contribution in [0.15, 0.2) is 176 Å². The van der Waals surface area contributed by atoms with E-state index in [2.05, 4.69) is 26.7 Å². The van der Waals surface area contributed by atoms with Crippen LogP contribution >= 0.6 is 0 Å². The van der Waals surface area contributed by atoms with E-state index in [-0.39, 0.29) is 55.6 Å². The summed E-state index contributed by atoms with van der Waals surface area (Å²) in [5.74, 6) is 3.63. The first-order valence-corrected chi connectivity index (χ1v) is 26.4. The lowest BCUT2D eigenvalue weighted by molar-refractivity contribution is -0.384. The number of anilines is 2. The minimum absolute atomic E-state index is 0.0992. The van der Waals surface area contributed by atoms with Crippen molar-refractivity contribution in [2.45, 2.75) is 42.8 Å². The van der Waals surface area contributed by atoms with Crippen LogP contribution in [0, 0.1) is 27.9 Å². The molecule has 0 unspecified atom stereocenters. The van der Waals surface area contributed by atoms with Gasteiger partial charge in [-0.15, -0.1) is 0 Å². The fraction of sp³-hybridized carbons (Fsp3) is 0.258. The number of nitrogens with zero attached hydrogens (tertiary/aromatic N) is 8. The molecule has 5 heterocycles. The fourth-order valence-corrected chi connectivity index (χ4v) is 11.8. The molecule has 18 heteroatoms. The van der Waals surface area contributed by atoms with Crippen LogP contribution in [0.4, 0.5) is 22.1 Å². The van der Waals surface area contributed by atoms with E-state index in [1.54, 1.807) is 65.8 Å². The lowest BCUT2D eigenvalue weighted by atomic mass is 9.64. The Hall–Kier alpha value is -9.28. The van der Waals surface area contributed by atoms with Gasteiger partial charge in [-0.2, -0.15) is 0 Å². The molecule has 404 valence electrons. The highest BCUT2D eigenvalue weighted by Crippen LogP contribution is 2.67. The average Bonchev–Trinajstić information content (AvgIpc) is 3.36. The van der Waals surface area contributed by atoms with Crippen LogP contribution in [0.1, 0.15) is 57.1 Å². The number of imide groups is 1. The molecule has 0 radical (unpaired) electrons. The number of fused-ring (bicyclic) bond motifs is 3. The molecule has 7 aromatic rings. The highest BCUT2D eigenvalue weighted by atomic mass is 16.6. The van der Waals surface area contributed by atoms with Gasteiger partial charge in [0.15, 0.2) is 0 Å². The molecule has 11 rings (SSSR count). The number of hydrogen-bond acceptors (Lipinski definition) is 15. The molecular weight excluding hydrogens is 1020 g/mol. The maximum Gasteiger partial charge on any atom is 0.421 e. The molecule has 3 saturated heterocycles. The van der Waals surface area contributed by atoms with Crippen molar-refractivity contribution in [2.24, 2.45) is 5.92 Å². The Morgan fingerprint density at radius 3 is 2.15 bits per heavy atom. The maximum absolute atomic E-state index is 17.0. The molecule has 1 aromatic heterocycles. The molecule has 6 aromatic carbocycles. The Labute approximate surface area is 461 Å². The number of non-ortho nitro benzene ring substituents is 1. The first-order valence-electron chi connectivity index (χ1n) is 26.4. The van der Waals surface area contributed by atoms with Crippen molar-refractivity contribution >= 4 is 41.2 Å². The molecule has 0 bridgehead atoms. The van der Waals surface area contributed by atoms with E-state index in [4.69, 9.17) is 14.2 Å². The Morgan fingerprint density at radius 1 is 0.800 bits per heavy atom. The number of aromatic nitrogens is 2. The summed E-state index contributed by atoms with van der Waals surface area (Å²) in [5, 5.41) is 21.8. The number of rotatable bonds is 14. The van der Waals surface area contributed by atoms with Gasteiger partial charge < -0.3 is 29.1 Å². The molecule has 18 nitrogen and oxygen atoms in total. The zero-order valence-corrected chi connectivity index (χ0v) is 43.7. The number of cyclic esters (lactones) is 1. The third-order valence-electron chi connectivity index (χ3n) is 15.3. The molecule has 6 atom stereocenters. The van der Waals surface area contributed by atoms with E-state index in [0.29, 0.717) is 59.9 Å². The van der Waals surface area contributed by atoms with Gasteiger partial charge in [0.05, 0.1) is 41.8 Å². The van der Waals surface area contributed by atoms with Gasteiger partial charge in [0.1, 0.15) is 36.5 Å². The Kier molecular flexibility index (Phi) is 15.1. The number of amides is 3. The van der Waals surface area contributed by atoms with Crippen molar-refractivity contribution in [1.82, 2.24) is 24.7 Å². The highest BCUT2D eigenvalue weighted by molar-refractivity contribution is 6.23. The standard InChI is InChI=1S/C62H56N8O10/c1-65(40-43-15-5-2-6-16-43)32-13-17-42-26-29-50-49(39-42)62(59(74)68(50)61(75)79-41-44-24-27-47(28-25-44)70(76)77)52(57(72)66-33-35-67(36-34-66)60-63-30-14-31-64-60)54-58(73)80-55(46-20-9-4-10-21-46)53(45-18-7-3-8-19-45)69(54)56(62)48-22-11-12-23-51(48)78-38-37-71/h2-12,14-16,18-31,39,52-56,71H,32-38,40-41H2,1H3/t52-,53-,54-,55+,56+,62-/m0/s1. The van der Waals surface area contributed by atoms with E-state index >= 15 is 19.2 Å². The first-order chi connectivity index (χ1) is 39.1. The van der Waals surface area contributed by atoms with Gasteiger partial charge in [0, 0.05) is 68.4 Å². The van der Waals surface area contributed by atoms with E-state index in [0.717, 1.165) is 10.5 Å². The average molecular weight is 1070 g/mol. The smallest absolute Gasteiger partial charge is 0.421 e. The van der Waals surface area contributed by atoms with Gasteiger partial charge in [-0.05, 0) is 77.3 Å². The lowest BCUT2D eigenvalue weighted by Crippen LogP contribution is -2.59. The van der Waals surface area contributed by atoms with E-state index in [1.807, 2.05) is 108 Å². The van der Waals surface area contributed by atoms with Crippen LogP contribution in [0.5, 0.6) is 5.75 Å². The number of piperazine rings is 1. The predicted molar refractivity (Wildman–Crippen MR) is 295 cm³/mol. The van der Waals surface area contributed by atoms with E-state index < -0.39 is 64.4 Å². The minimum atomic E-state index is -2.17. The second kappa shape index (κ2) is 23.0. The topological polar surface area (TPSA) is 201 Å². The fourth-order valence-electron chi connectivity index (χ4n) is 11.8. The molecular formula is C62H56N8O10. The Balaban J connectivity index is 1.13. The Morgan fingerprint density at radius 2 is 1.46 bits per heavy atom. The second-order valence-corrected chi connectivity index (χ2v) is 20.0. The summed E-state index contributed by atoms with van der Waals surface area (Å²) in [5.41, 5.74) is 1.75. The van der Waals surface area contributed by atoms with Crippen molar-refractivity contribution in [1.29, 1.82) is 0 Å². The third kappa shape index (κ3) is 9.98. The summed E-state index contributed by atoms with van der Waals surface area (Å²) in [6, 6.07) is 44.4. The summed E-state index contributed by atoms with van der Waals surface area (Å²) in [7, 11) is 1.96. The summed E-state index contributed by atoms with van der Waals surface area (Å²) in [6.45, 7) is 1.07. The number of aliphatic hydroxyl groups excluding tert-OH is 1. The van der Waals surface area contributed by atoms with Crippen LogP contribution in [-0.4, -0.2) is 118 Å². The Bertz CT molecular complexity index is 3470. The number of hydrogen-bond donors (Lipinski definition) is 1. The summed E-state index contributed by atoms with van der Waals surface area (Å²) < 4.78 is 19.1. The summed E-state index contributed by atoms with van der Waals surface area (Å²) >= 11 is 0. The zero-order chi connectivity index (χ0) is 55.3. The molecule has 1 spiro atoms. The van der Waals surface area contributed by atoms with Gasteiger partial charge in [-0.25, -0.2) is 19.7 Å².